The summed E-state index contributed by atoms with van der Waals surface area (Å²) < 4.78 is 5.58. The van der Waals surface area contributed by atoms with Crippen molar-refractivity contribution in [2.75, 3.05) is 0 Å². The van der Waals surface area contributed by atoms with Crippen molar-refractivity contribution in [3.05, 3.63) is 45.1 Å². The molecule has 0 unspecified atom stereocenters. The van der Waals surface area contributed by atoms with Crippen LogP contribution in [0.2, 0.25) is 10.0 Å². The van der Waals surface area contributed by atoms with Gasteiger partial charge in [0.05, 0.1) is 0 Å². The van der Waals surface area contributed by atoms with E-state index < -0.39 is 5.54 Å². The first-order chi connectivity index (χ1) is 7.92. The van der Waals surface area contributed by atoms with Gasteiger partial charge in [-0.05, 0) is 32.0 Å². The minimum Gasteiger partial charge on any atom is -0.440 e. The highest BCUT2D eigenvalue weighted by molar-refractivity contribution is 6.35. The molecule has 0 aromatic heterocycles. The summed E-state index contributed by atoms with van der Waals surface area (Å²) in [5.74, 6) is 1.08. The van der Waals surface area contributed by atoms with Crippen LogP contribution in [0.25, 0.3) is 0 Å². The van der Waals surface area contributed by atoms with E-state index in [1.165, 1.54) is 5.54 Å². The van der Waals surface area contributed by atoms with Crippen LogP contribution in [0, 0.1) is 0 Å². The Hall–Kier alpha value is -0.410. The molecule has 0 N–H and O–H groups in total. The molecule has 0 radical (unpaired) electrons. The number of hydrogen-bond acceptors (Lipinski definition) is 2. The van der Waals surface area contributed by atoms with E-state index >= 15 is 0 Å². The lowest BCUT2D eigenvalue weighted by Gasteiger charge is -2.11. The number of ether oxygens (including phenoxy) is 1. The molecule has 0 aliphatic carbocycles. The zero-order chi connectivity index (χ0) is 12.6. The molecular formula is C12H11Cl4NO. The summed E-state index contributed by atoms with van der Waals surface area (Å²) in [6.45, 7) is 3.83. The summed E-state index contributed by atoms with van der Waals surface area (Å²) in [6.07, 6.45) is 0. The Balaban J connectivity index is 0.00000162. The third-order valence-corrected chi connectivity index (χ3v) is 3.03. The van der Waals surface area contributed by atoms with Crippen molar-refractivity contribution in [3.63, 3.8) is 0 Å². The van der Waals surface area contributed by atoms with Gasteiger partial charge in [0.15, 0.2) is 0 Å². The lowest BCUT2D eigenvalue weighted by Crippen LogP contribution is -2.15. The van der Waals surface area contributed by atoms with Crippen molar-refractivity contribution in [1.82, 2.24) is 0 Å². The first-order valence-electron chi connectivity index (χ1n) is 4.97. The fourth-order valence-electron chi connectivity index (χ4n) is 1.52. The minimum absolute atomic E-state index is 0. The predicted molar refractivity (Wildman–Crippen MR) is 79.3 cm³/mol. The zero-order valence-corrected chi connectivity index (χ0v) is 12.8. The molecule has 1 aliphatic rings. The lowest BCUT2D eigenvalue weighted by atomic mass is 10.1. The summed E-state index contributed by atoms with van der Waals surface area (Å²) in [4.78, 5) is 4.45. The van der Waals surface area contributed by atoms with Gasteiger partial charge in [0.1, 0.15) is 11.3 Å². The van der Waals surface area contributed by atoms with E-state index in [2.05, 4.69) is 4.99 Å². The predicted octanol–water partition coefficient (Wildman–Crippen LogP) is 5.05. The van der Waals surface area contributed by atoms with Crippen LogP contribution in [0.5, 0.6) is 0 Å². The molecule has 0 spiro atoms. The lowest BCUT2D eigenvalue weighted by molar-refractivity contribution is 0.383. The van der Waals surface area contributed by atoms with E-state index in [9.17, 15) is 0 Å². The van der Waals surface area contributed by atoms with Crippen molar-refractivity contribution in [1.29, 1.82) is 0 Å². The van der Waals surface area contributed by atoms with Crippen molar-refractivity contribution in [3.8, 4) is 0 Å². The molecular weight excluding hydrogens is 316 g/mol. The average molecular weight is 327 g/mol. The molecule has 1 aliphatic heterocycles. The van der Waals surface area contributed by atoms with E-state index in [4.69, 9.17) is 39.5 Å². The Kier molecular flexibility index (Phi) is 4.96. The maximum atomic E-state index is 5.93. The van der Waals surface area contributed by atoms with Gasteiger partial charge in [-0.3, -0.25) is 0 Å². The first kappa shape index (κ1) is 15.6. The molecule has 0 fully saturated rings. The van der Waals surface area contributed by atoms with Gasteiger partial charge in [-0.25, -0.2) is 4.99 Å². The smallest absolute Gasteiger partial charge is 0.222 e. The van der Waals surface area contributed by atoms with Gasteiger partial charge in [-0.2, -0.15) is 0 Å². The third kappa shape index (κ3) is 3.12. The van der Waals surface area contributed by atoms with Gasteiger partial charge in [0.25, 0.3) is 0 Å². The summed E-state index contributed by atoms with van der Waals surface area (Å²) >= 11 is 17.6. The van der Waals surface area contributed by atoms with E-state index in [1.807, 2.05) is 13.8 Å². The number of benzene rings is 1. The van der Waals surface area contributed by atoms with E-state index in [-0.39, 0.29) is 12.4 Å². The van der Waals surface area contributed by atoms with Crippen LogP contribution >= 0.6 is 47.2 Å². The highest BCUT2D eigenvalue weighted by atomic mass is 35.5. The van der Waals surface area contributed by atoms with Crippen LogP contribution in [-0.4, -0.2) is 11.4 Å². The van der Waals surface area contributed by atoms with E-state index in [1.54, 1.807) is 18.2 Å². The van der Waals surface area contributed by atoms with Gasteiger partial charge < -0.3 is 4.74 Å². The van der Waals surface area contributed by atoms with Crippen molar-refractivity contribution in [2.45, 2.75) is 19.4 Å². The summed E-state index contributed by atoms with van der Waals surface area (Å²) in [5, 5.41) is 1.08. The fourth-order valence-corrected chi connectivity index (χ4v) is 2.35. The van der Waals surface area contributed by atoms with Crippen molar-refractivity contribution >= 4 is 53.1 Å². The first-order valence-corrected chi connectivity index (χ1v) is 6.16. The Morgan fingerprint density at radius 2 is 1.72 bits per heavy atom. The third-order valence-electron chi connectivity index (χ3n) is 2.40. The molecule has 18 heavy (non-hydrogen) atoms. The van der Waals surface area contributed by atoms with Crippen molar-refractivity contribution in [2.24, 2.45) is 4.99 Å². The van der Waals surface area contributed by atoms with Crippen LogP contribution in [0.4, 0.5) is 0 Å². The Bertz CT molecular complexity index is 503. The van der Waals surface area contributed by atoms with Crippen molar-refractivity contribution < 1.29 is 4.74 Å². The normalized spacial score (nSPS) is 19.2. The molecule has 2 nitrogen and oxygen atoms in total. The van der Waals surface area contributed by atoms with E-state index in [0.29, 0.717) is 21.7 Å². The monoisotopic (exact) mass is 325 g/mol. The number of halogens is 4. The van der Waals surface area contributed by atoms with Gasteiger partial charge in [0, 0.05) is 21.1 Å². The zero-order valence-electron chi connectivity index (χ0n) is 9.71. The molecule has 0 bridgehead atoms. The molecule has 0 saturated carbocycles. The SMILES string of the molecule is CC1(C)N=C(c2cc(Cl)cc(Cl)c2)OC1=CCl.Cl. The molecule has 0 atom stereocenters. The second-order valence-corrected chi connectivity index (χ2v) is 5.30. The Morgan fingerprint density at radius 1 is 1.17 bits per heavy atom. The molecule has 2 rings (SSSR count). The largest absolute Gasteiger partial charge is 0.440 e. The second-order valence-electron chi connectivity index (χ2n) is 4.21. The number of rotatable bonds is 1. The molecule has 98 valence electrons. The topological polar surface area (TPSA) is 21.6 Å². The Labute approximate surface area is 127 Å². The van der Waals surface area contributed by atoms with Crippen LogP contribution in [0.1, 0.15) is 19.4 Å². The maximum Gasteiger partial charge on any atom is 0.222 e. The quantitative estimate of drug-likeness (QED) is 0.707. The van der Waals surface area contributed by atoms with E-state index in [0.717, 1.165) is 5.56 Å². The summed E-state index contributed by atoms with van der Waals surface area (Å²) in [7, 11) is 0. The standard InChI is InChI=1S/C12H10Cl3NO.ClH/c1-12(2)10(6-13)17-11(16-12)7-3-8(14)5-9(15)4-7;/h3-6H,1-2H3;1H. The number of nitrogens with zero attached hydrogens (tertiary/aromatic N) is 1. The van der Waals surface area contributed by atoms with Crippen LogP contribution in [0.15, 0.2) is 34.5 Å². The van der Waals surface area contributed by atoms with Crippen LogP contribution < -0.4 is 0 Å². The van der Waals surface area contributed by atoms with Gasteiger partial charge in [0.2, 0.25) is 5.90 Å². The fraction of sp³-hybridized carbons (Fsp3) is 0.250. The molecule has 0 amide bonds. The molecule has 6 heteroatoms. The molecule has 0 saturated heterocycles. The highest BCUT2D eigenvalue weighted by Gasteiger charge is 2.33. The molecule has 1 heterocycles. The molecule has 1 aromatic carbocycles. The second kappa shape index (κ2) is 5.70. The number of hydrogen-bond donors (Lipinski definition) is 0. The summed E-state index contributed by atoms with van der Waals surface area (Å²) in [5.41, 5.74) is 1.67. The average Bonchev–Trinajstić information content (AvgIpc) is 2.52. The Morgan fingerprint density at radius 3 is 2.17 bits per heavy atom. The highest BCUT2D eigenvalue weighted by Crippen LogP contribution is 2.32. The number of aliphatic imine (C=N–C) groups is 1. The van der Waals surface area contributed by atoms with Gasteiger partial charge in [-0.1, -0.05) is 34.8 Å². The molecule has 1 aromatic rings. The van der Waals surface area contributed by atoms with Gasteiger partial charge >= 0.3 is 0 Å². The van der Waals surface area contributed by atoms with Gasteiger partial charge in [-0.15, -0.1) is 12.4 Å². The maximum absolute atomic E-state index is 5.93. The summed E-state index contributed by atoms with van der Waals surface area (Å²) in [6, 6.07) is 5.16. The minimum atomic E-state index is -0.466. The van der Waals surface area contributed by atoms with Crippen LogP contribution in [-0.2, 0) is 4.74 Å². The van der Waals surface area contributed by atoms with Crippen LogP contribution in [0.3, 0.4) is 0 Å².